The molecule has 0 radical (unpaired) electrons. The lowest BCUT2D eigenvalue weighted by molar-refractivity contribution is 0.340. The first-order chi connectivity index (χ1) is 18.5. The average molecular weight is 533 g/mol. The largest absolute Gasteiger partial charge is 0.494 e. The standard InChI is InChI=1S/C29H32N4O4S/c1-4-37-24-8-9-25-22(16-24)15-23(28(34)32-25)19-33(18-21-6-5-12-30-17-21)29(38)31-13-11-20-7-10-26(35-2)27(14-20)36-3/h5-10,12,14-17H,4,11,13,18-19H2,1-3H3,(H,31,38)(H,32,34). The number of thiocarbonyl (C=S) groups is 1. The van der Waals surface area contributed by atoms with E-state index in [0.717, 1.165) is 34.2 Å². The third kappa shape index (κ3) is 6.80. The Bertz CT molecular complexity index is 1440. The molecule has 4 aromatic rings. The highest BCUT2D eigenvalue weighted by molar-refractivity contribution is 7.80. The monoisotopic (exact) mass is 532 g/mol. The Morgan fingerprint density at radius 2 is 1.87 bits per heavy atom. The van der Waals surface area contributed by atoms with Gasteiger partial charge in [0, 0.05) is 41.9 Å². The van der Waals surface area contributed by atoms with E-state index in [1.807, 2.05) is 66.4 Å². The average Bonchev–Trinajstić information content (AvgIpc) is 2.93. The molecule has 2 N–H and O–H groups in total. The number of hydrogen-bond acceptors (Lipinski definition) is 6. The maximum absolute atomic E-state index is 13.0. The zero-order valence-corrected chi connectivity index (χ0v) is 22.6. The van der Waals surface area contributed by atoms with E-state index in [1.54, 1.807) is 26.6 Å². The number of fused-ring (bicyclic) bond motifs is 1. The fourth-order valence-corrected chi connectivity index (χ4v) is 4.41. The molecule has 9 heteroatoms. The van der Waals surface area contributed by atoms with Crippen LogP contribution in [0.25, 0.3) is 10.9 Å². The molecule has 8 nitrogen and oxygen atoms in total. The number of pyridine rings is 2. The lowest BCUT2D eigenvalue weighted by Gasteiger charge is -2.26. The molecule has 0 bridgehead atoms. The summed E-state index contributed by atoms with van der Waals surface area (Å²) < 4.78 is 16.4. The molecule has 0 aliphatic rings. The summed E-state index contributed by atoms with van der Waals surface area (Å²) in [5.41, 5.74) is 3.31. The van der Waals surface area contributed by atoms with Gasteiger partial charge in [-0.15, -0.1) is 0 Å². The molecule has 0 saturated heterocycles. The number of benzene rings is 2. The van der Waals surface area contributed by atoms with Gasteiger partial charge >= 0.3 is 0 Å². The summed E-state index contributed by atoms with van der Waals surface area (Å²) in [7, 11) is 3.24. The maximum atomic E-state index is 13.0. The molecule has 0 aliphatic carbocycles. The summed E-state index contributed by atoms with van der Waals surface area (Å²) in [5.74, 6) is 2.14. The van der Waals surface area contributed by atoms with Crippen LogP contribution in [-0.2, 0) is 19.5 Å². The van der Waals surface area contributed by atoms with Crippen LogP contribution in [0.2, 0.25) is 0 Å². The summed E-state index contributed by atoms with van der Waals surface area (Å²) in [5, 5.41) is 4.81. The molecule has 198 valence electrons. The van der Waals surface area contributed by atoms with Gasteiger partial charge < -0.3 is 29.4 Å². The van der Waals surface area contributed by atoms with E-state index in [0.29, 0.717) is 48.4 Å². The van der Waals surface area contributed by atoms with Crippen molar-refractivity contribution in [3.05, 3.63) is 94.0 Å². The summed E-state index contributed by atoms with van der Waals surface area (Å²) in [4.78, 5) is 22.1. The molecular formula is C29H32N4O4S. The van der Waals surface area contributed by atoms with E-state index in [9.17, 15) is 4.79 Å². The molecule has 0 spiro atoms. The number of nitrogens with one attached hydrogen (secondary N) is 2. The van der Waals surface area contributed by atoms with Gasteiger partial charge in [-0.3, -0.25) is 9.78 Å². The van der Waals surface area contributed by atoms with Gasteiger partial charge in [-0.05, 0) is 79.2 Å². The quantitative estimate of drug-likeness (QED) is 0.274. The van der Waals surface area contributed by atoms with Crippen LogP contribution in [0.4, 0.5) is 0 Å². The molecule has 2 aromatic heterocycles. The first kappa shape index (κ1) is 26.9. The summed E-state index contributed by atoms with van der Waals surface area (Å²) >= 11 is 5.79. The number of nitrogens with zero attached hydrogens (tertiary/aromatic N) is 2. The number of ether oxygens (including phenoxy) is 3. The van der Waals surface area contributed by atoms with Crippen molar-refractivity contribution in [3.8, 4) is 17.2 Å². The Labute approximate surface area is 227 Å². The Morgan fingerprint density at radius 3 is 2.61 bits per heavy atom. The topological polar surface area (TPSA) is 88.7 Å². The van der Waals surface area contributed by atoms with Crippen LogP contribution in [0.3, 0.4) is 0 Å². The summed E-state index contributed by atoms with van der Waals surface area (Å²) in [6.07, 6.45) is 4.27. The van der Waals surface area contributed by atoms with E-state index in [2.05, 4.69) is 15.3 Å². The van der Waals surface area contributed by atoms with Gasteiger partial charge in [0.2, 0.25) is 0 Å². The molecular weight excluding hydrogens is 500 g/mol. The first-order valence-electron chi connectivity index (χ1n) is 12.4. The molecule has 2 heterocycles. The Kier molecular flexibility index (Phi) is 9.16. The van der Waals surface area contributed by atoms with Crippen molar-refractivity contribution in [2.24, 2.45) is 0 Å². The molecule has 38 heavy (non-hydrogen) atoms. The summed E-state index contributed by atoms with van der Waals surface area (Å²) in [6, 6.07) is 17.3. The number of H-pyrrole nitrogens is 1. The van der Waals surface area contributed by atoms with Crippen molar-refractivity contribution >= 4 is 28.2 Å². The minimum Gasteiger partial charge on any atom is -0.494 e. The molecule has 0 amide bonds. The minimum absolute atomic E-state index is 0.147. The van der Waals surface area contributed by atoms with E-state index in [4.69, 9.17) is 26.4 Å². The van der Waals surface area contributed by atoms with Crippen molar-refractivity contribution in [3.63, 3.8) is 0 Å². The third-order valence-electron chi connectivity index (χ3n) is 6.09. The van der Waals surface area contributed by atoms with Crippen LogP contribution < -0.4 is 25.1 Å². The zero-order valence-electron chi connectivity index (χ0n) is 21.8. The van der Waals surface area contributed by atoms with Crippen LogP contribution in [0.1, 0.15) is 23.6 Å². The van der Waals surface area contributed by atoms with Crippen molar-refractivity contribution in [1.29, 1.82) is 0 Å². The highest BCUT2D eigenvalue weighted by Crippen LogP contribution is 2.27. The molecule has 0 atom stereocenters. The van der Waals surface area contributed by atoms with Crippen molar-refractivity contribution in [2.45, 2.75) is 26.4 Å². The molecule has 0 saturated carbocycles. The van der Waals surface area contributed by atoms with E-state index < -0.39 is 0 Å². The normalized spacial score (nSPS) is 10.7. The lowest BCUT2D eigenvalue weighted by atomic mass is 10.1. The number of aromatic nitrogens is 2. The van der Waals surface area contributed by atoms with Crippen molar-refractivity contribution in [1.82, 2.24) is 20.2 Å². The third-order valence-corrected chi connectivity index (χ3v) is 6.49. The minimum atomic E-state index is -0.147. The van der Waals surface area contributed by atoms with Crippen LogP contribution in [0.5, 0.6) is 17.2 Å². The molecule has 2 aromatic carbocycles. The number of methoxy groups -OCH3 is 2. The van der Waals surface area contributed by atoms with Gasteiger partial charge in [0.1, 0.15) is 5.75 Å². The number of aromatic amines is 1. The second kappa shape index (κ2) is 12.9. The van der Waals surface area contributed by atoms with Crippen molar-refractivity contribution < 1.29 is 14.2 Å². The fourth-order valence-electron chi connectivity index (χ4n) is 4.18. The maximum Gasteiger partial charge on any atom is 0.253 e. The molecule has 0 aliphatic heterocycles. The lowest BCUT2D eigenvalue weighted by Crippen LogP contribution is -2.40. The predicted molar refractivity (Wildman–Crippen MR) is 153 cm³/mol. The Hall–Kier alpha value is -4.11. The number of hydrogen-bond donors (Lipinski definition) is 2. The van der Waals surface area contributed by atoms with E-state index in [-0.39, 0.29) is 5.56 Å². The van der Waals surface area contributed by atoms with Crippen LogP contribution in [0.15, 0.2) is 71.8 Å². The van der Waals surface area contributed by atoms with Crippen LogP contribution >= 0.6 is 12.2 Å². The fraction of sp³-hybridized carbons (Fsp3) is 0.276. The van der Waals surface area contributed by atoms with E-state index >= 15 is 0 Å². The SMILES string of the molecule is CCOc1ccc2[nH]c(=O)c(CN(Cc3cccnc3)C(=S)NCCc3ccc(OC)c(OC)c3)cc2c1. The second-order valence-electron chi connectivity index (χ2n) is 8.69. The van der Waals surface area contributed by atoms with Crippen molar-refractivity contribution in [2.75, 3.05) is 27.4 Å². The molecule has 4 rings (SSSR count). The van der Waals surface area contributed by atoms with Crippen LogP contribution in [-0.4, -0.2) is 47.4 Å². The van der Waals surface area contributed by atoms with Gasteiger partial charge in [0.15, 0.2) is 16.6 Å². The Morgan fingerprint density at radius 1 is 1.03 bits per heavy atom. The highest BCUT2D eigenvalue weighted by atomic mass is 32.1. The van der Waals surface area contributed by atoms with Gasteiger partial charge in [-0.2, -0.15) is 0 Å². The summed E-state index contributed by atoms with van der Waals surface area (Å²) in [6.45, 7) is 3.97. The van der Waals surface area contributed by atoms with Gasteiger partial charge in [0.05, 0.1) is 27.4 Å². The van der Waals surface area contributed by atoms with Gasteiger partial charge in [-0.25, -0.2) is 0 Å². The molecule has 0 fully saturated rings. The van der Waals surface area contributed by atoms with Crippen LogP contribution in [0, 0.1) is 0 Å². The van der Waals surface area contributed by atoms with E-state index in [1.165, 1.54) is 0 Å². The van der Waals surface area contributed by atoms with Gasteiger partial charge in [-0.1, -0.05) is 12.1 Å². The molecule has 0 unspecified atom stereocenters. The predicted octanol–water partition coefficient (Wildman–Crippen LogP) is 4.46. The highest BCUT2D eigenvalue weighted by Gasteiger charge is 2.15. The first-order valence-corrected chi connectivity index (χ1v) is 12.8. The van der Waals surface area contributed by atoms with Gasteiger partial charge in [0.25, 0.3) is 5.56 Å². The second-order valence-corrected chi connectivity index (χ2v) is 9.08. The Balaban J connectivity index is 1.51. The zero-order chi connectivity index (χ0) is 26.9. The smallest absolute Gasteiger partial charge is 0.253 e. The number of rotatable bonds is 11.